The first-order valence-electron chi connectivity index (χ1n) is 9.96. The molecule has 0 saturated carbocycles. The highest BCUT2D eigenvalue weighted by molar-refractivity contribution is 6.30. The molecule has 176 valence electrons. The third-order valence-electron chi connectivity index (χ3n) is 5.30. The molecule has 2 aliphatic rings. The maximum atomic E-state index is 12.7. The quantitative estimate of drug-likeness (QED) is 0.610. The molecule has 0 unspecified atom stereocenters. The summed E-state index contributed by atoms with van der Waals surface area (Å²) in [5, 5.41) is 15.3. The lowest BCUT2D eigenvalue weighted by Gasteiger charge is -2.20. The number of rotatable bonds is 4. The summed E-state index contributed by atoms with van der Waals surface area (Å²) in [6.07, 6.45) is 3.99. The maximum Gasteiger partial charge on any atom is 0.414 e. The SMILES string of the molecule is Cn1c(C(=O)N2C[C@@H]3C[C@@H](COc4cncc(Cl)c4)O[C@@H]3C2)cccc1=O.O=C(O)C(=O)O. The average Bonchev–Trinajstić information content (AvgIpc) is 3.33. The second-order valence-electron chi connectivity index (χ2n) is 7.57. The van der Waals surface area contributed by atoms with Crippen LogP contribution in [-0.2, 0) is 21.4 Å². The van der Waals surface area contributed by atoms with E-state index in [0.29, 0.717) is 36.2 Å². The number of carbonyl (C=O) groups is 3. The monoisotopic (exact) mass is 479 g/mol. The van der Waals surface area contributed by atoms with Crippen LogP contribution in [0, 0.1) is 5.92 Å². The summed E-state index contributed by atoms with van der Waals surface area (Å²) >= 11 is 5.90. The van der Waals surface area contributed by atoms with E-state index in [4.69, 9.17) is 40.9 Å². The van der Waals surface area contributed by atoms with Gasteiger partial charge in [0.1, 0.15) is 18.1 Å². The summed E-state index contributed by atoms with van der Waals surface area (Å²) in [6.45, 7) is 1.58. The molecule has 0 spiro atoms. The molecular formula is C21H22ClN3O8. The molecular weight excluding hydrogens is 458 g/mol. The lowest BCUT2D eigenvalue weighted by Crippen LogP contribution is -2.35. The fourth-order valence-corrected chi connectivity index (χ4v) is 3.90. The molecule has 2 saturated heterocycles. The van der Waals surface area contributed by atoms with Crippen LogP contribution in [0.25, 0.3) is 0 Å². The van der Waals surface area contributed by atoms with Crippen molar-refractivity contribution in [3.63, 3.8) is 0 Å². The van der Waals surface area contributed by atoms with Gasteiger partial charge >= 0.3 is 11.9 Å². The number of carboxylic acid groups (broad SMARTS) is 2. The second-order valence-corrected chi connectivity index (χ2v) is 8.01. The van der Waals surface area contributed by atoms with Gasteiger partial charge in [0.05, 0.1) is 23.4 Å². The number of aliphatic carboxylic acids is 2. The van der Waals surface area contributed by atoms with Gasteiger partial charge in [-0.05, 0) is 12.5 Å². The number of ether oxygens (including phenoxy) is 2. The van der Waals surface area contributed by atoms with Gasteiger partial charge in [-0.2, -0.15) is 0 Å². The van der Waals surface area contributed by atoms with Crippen LogP contribution in [0.15, 0.2) is 41.5 Å². The summed E-state index contributed by atoms with van der Waals surface area (Å²) in [4.78, 5) is 48.4. The molecule has 1 amide bonds. The van der Waals surface area contributed by atoms with Crippen LogP contribution in [0.3, 0.4) is 0 Å². The highest BCUT2D eigenvalue weighted by Gasteiger charge is 2.44. The molecule has 4 heterocycles. The fourth-order valence-electron chi connectivity index (χ4n) is 3.74. The normalized spacial score (nSPS) is 21.0. The topological polar surface area (TPSA) is 148 Å². The van der Waals surface area contributed by atoms with Gasteiger partial charge in [0.2, 0.25) is 0 Å². The summed E-state index contributed by atoms with van der Waals surface area (Å²) in [7, 11) is 1.61. The Morgan fingerprint density at radius 3 is 2.58 bits per heavy atom. The highest BCUT2D eigenvalue weighted by atomic mass is 35.5. The molecule has 3 atom stereocenters. The van der Waals surface area contributed by atoms with Crippen LogP contribution in [-0.4, -0.2) is 74.4 Å². The number of aromatic nitrogens is 2. The minimum absolute atomic E-state index is 0.000719. The zero-order valence-electron chi connectivity index (χ0n) is 17.6. The van der Waals surface area contributed by atoms with Crippen LogP contribution in [0.4, 0.5) is 0 Å². The molecule has 11 nitrogen and oxygen atoms in total. The number of carboxylic acids is 2. The largest absolute Gasteiger partial charge is 0.489 e. The van der Waals surface area contributed by atoms with E-state index in [1.54, 1.807) is 42.5 Å². The molecule has 0 aliphatic carbocycles. The minimum Gasteiger partial charge on any atom is -0.489 e. The lowest BCUT2D eigenvalue weighted by molar-refractivity contribution is -0.159. The van der Waals surface area contributed by atoms with Gasteiger partial charge in [0.15, 0.2) is 0 Å². The fraction of sp³-hybridized carbons (Fsp3) is 0.381. The Bertz CT molecular complexity index is 1080. The van der Waals surface area contributed by atoms with E-state index in [1.165, 1.54) is 10.6 Å². The van der Waals surface area contributed by atoms with Crippen LogP contribution in [0.2, 0.25) is 5.02 Å². The van der Waals surface area contributed by atoms with Gasteiger partial charge in [-0.25, -0.2) is 9.59 Å². The van der Waals surface area contributed by atoms with Crippen molar-refractivity contribution in [2.75, 3.05) is 19.7 Å². The number of carbonyl (C=O) groups excluding carboxylic acids is 1. The van der Waals surface area contributed by atoms with E-state index in [-0.39, 0.29) is 29.6 Å². The van der Waals surface area contributed by atoms with Crippen LogP contribution < -0.4 is 10.3 Å². The summed E-state index contributed by atoms with van der Waals surface area (Å²) in [6, 6.07) is 6.45. The van der Waals surface area contributed by atoms with Crippen LogP contribution in [0.5, 0.6) is 5.75 Å². The number of pyridine rings is 2. The number of amides is 1. The predicted molar refractivity (Wildman–Crippen MR) is 114 cm³/mol. The molecule has 0 aromatic carbocycles. The van der Waals surface area contributed by atoms with Crippen molar-refractivity contribution in [1.82, 2.24) is 14.5 Å². The Balaban J connectivity index is 0.000000454. The van der Waals surface area contributed by atoms with E-state index in [0.717, 1.165) is 6.42 Å². The van der Waals surface area contributed by atoms with E-state index < -0.39 is 11.9 Å². The molecule has 0 bridgehead atoms. The van der Waals surface area contributed by atoms with E-state index in [1.807, 2.05) is 0 Å². The van der Waals surface area contributed by atoms with Gasteiger partial charge in [-0.15, -0.1) is 0 Å². The van der Waals surface area contributed by atoms with Crippen LogP contribution >= 0.6 is 11.6 Å². The van der Waals surface area contributed by atoms with Gasteiger partial charge in [0, 0.05) is 44.4 Å². The highest BCUT2D eigenvalue weighted by Crippen LogP contribution is 2.34. The predicted octanol–water partition coefficient (Wildman–Crippen LogP) is 0.898. The number of halogens is 1. The Hall–Kier alpha value is -3.44. The molecule has 2 aromatic rings. The van der Waals surface area contributed by atoms with Crippen molar-refractivity contribution in [2.24, 2.45) is 13.0 Å². The third-order valence-corrected chi connectivity index (χ3v) is 5.51. The standard InChI is InChI=1S/C19H20ClN3O4.C2H2O4/c1-22-16(3-2-4-18(22)24)19(25)23-9-12-5-15(27-17(12)10-23)11-26-14-6-13(20)7-21-8-14;3-1(4)2(5)6/h2-4,6-8,12,15,17H,5,9-11H2,1H3;(H,3,4)(H,5,6)/t12-,15-,17+;/m0./s1. The number of likely N-dealkylation sites (tertiary alicyclic amines) is 1. The van der Waals surface area contributed by atoms with Crippen molar-refractivity contribution >= 4 is 29.4 Å². The molecule has 0 radical (unpaired) electrons. The zero-order chi connectivity index (χ0) is 24.1. The Morgan fingerprint density at radius 1 is 1.21 bits per heavy atom. The Morgan fingerprint density at radius 2 is 1.94 bits per heavy atom. The second kappa shape index (κ2) is 10.5. The first kappa shape index (κ1) is 24.2. The smallest absolute Gasteiger partial charge is 0.414 e. The number of hydrogen-bond donors (Lipinski definition) is 2. The maximum absolute atomic E-state index is 12.7. The van der Waals surface area contributed by atoms with Gasteiger partial charge < -0.3 is 29.2 Å². The minimum atomic E-state index is -1.82. The molecule has 2 N–H and O–H groups in total. The molecule has 2 aromatic heterocycles. The van der Waals surface area contributed by atoms with Crippen molar-refractivity contribution in [1.29, 1.82) is 0 Å². The van der Waals surface area contributed by atoms with Crippen LogP contribution in [0.1, 0.15) is 16.9 Å². The van der Waals surface area contributed by atoms with E-state index in [2.05, 4.69) is 4.98 Å². The Labute approximate surface area is 193 Å². The molecule has 2 aliphatic heterocycles. The van der Waals surface area contributed by atoms with Crippen molar-refractivity contribution in [3.05, 3.63) is 57.7 Å². The van der Waals surface area contributed by atoms with E-state index >= 15 is 0 Å². The molecule has 2 fully saturated rings. The number of nitrogens with zero attached hydrogens (tertiary/aromatic N) is 3. The van der Waals surface area contributed by atoms with Gasteiger partial charge in [0.25, 0.3) is 11.5 Å². The summed E-state index contributed by atoms with van der Waals surface area (Å²) in [5.74, 6) is -2.89. The lowest BCUT2D eigenvalue weighted by atomic mass is 10.0. The van der Waals surface area contributed by atoms with Crippen molar-refractivity contribution in [3.8, 4) is 5.75 Å². The third kappa shape index (κ3) is 6.08. The van der Waals surface area contributed by atoms with Crippen molar-refractivity contribution < 1.29 is 34.1 Å². The first-order chi connectivity index (χ1) is 15.7. The molecule has 12 heteroatoms. The summed E-state index contributed by atoms with van der Waals surface area (Å²) < 4.78 is 13.2. The Kier molecular flexibility index (Phi) is 7.67. The molecule has 33 heavy (non-hydrogen) atoms. The van der Waals surface area contributed by atoms with Gasteiger partial charge in [-0.3, -0.25) is 14.6 Å². The van der Waals surface area contributed by atoms with E-state index in [9.17, 15) is 9.59 Å². The van der Waals surface area contributed by atoms with Gasteiger partial charge in [-0.1, -0.05) is 17.7 Å². The first-order valence-corrected chi connectivity index (χ1v) is 10.3. The zero-order valence-corrected chi connectivity index (χ0v) is 18.3. The number of hydrogen-bond acceptors (Lipinski definition) is 7. The average molecular weight is 480 g/mol. The number of fused-ring (bicyclic) bond motifs is 1. The summed E-state index contributed by atoms with van der Waals surface area (Å²) in [5.41, 5.74) is 0.208. The van der Waals surface area contributed by atoms with Crippen molar-refractivity contribution in [2.45, 2.75) is 18.6 Å². The molecule has 4 rings (SSSR count).